The Morgan fingerprint density at radius 3 is 2.22 bits per heavy atom. The van der Waals surface area contributed by atoms with Crippen molar-refractivity contribution in [2.45, 2.75) is 12.6 Å². The molecule has 18 heavy (non-hydrogen) atoms. The van der Waals surface area contributed by atoms with Crippen LogP contribution in [-0.4, -0.2) is 0 Å². The zero-order valence-electron chi connectivity index (χ0n) is 10.3. The van der Waals surface area contributed by atoms with Gasteiger partial charge in [0, 0.05) is 6.54 Å². The quantitative estimate of drug-likeness (QED) is 0.614. The number of benzene rings is 2. The smallest absolute Gasteiger partial charge is 0.122 e. The Balaban J connectivity index is 1.87. The standard InChI is InChI=1S/C16H17NO/c1-2-16(15-11-7-4-8-12-15)18-17-13-14-9-5-3-6-10-14/h2-12,16-17H,1,13H2/t16-/m0/s1. The van der Waals surface area contributed by atoms with Gasteiger partial charge in [-0.3, -0.25) is 4.84 Å². The lowest BCUT2D eigenvalue weighted by molar-refractivity contribution is -0.00473. The van der Waals surface area contributed by atoms with Crippen molar-refractivity contribution in [3.8, 4) is 0 Å². The Morgan fingerprint density at radius 2 is 1.61 bits per heavy atom. The SMILES string of the molecule is C=C[C@H](ONCc1ccccc1)c1ccccc1. The van der Waals surface area contributed by atoms with E-state index in [0.29, 0.717) is 6.54 Å². The van der Waals surface area contributed by atoms with Gasteiger partial charge in [-0.1, -0.05) is 66.7 Å². The van der Waals surface area contributed by atoms with Crippen LogP contribution in [0.1, 0.15) is 17.2 Å². The van der Waals surface area contributed by atoms with Crippen molar-refractivity contribution < 1.29 is 4.84 Å². The Morgan fingerprint density at radius 1 is 1.00 bits per heavy atom. The third-order valence-electron chi connectivity index (χ3n) is 2.67. The lowest BCUT2D eigenvalue weighted by Gasteiger charge is -2.14. The minimum atomic E-state index is -0.130. The van der Waals surface area contributed by atoms with Gasteiger partial charge in [-0.15, -0.1) is 6.58 Å². The summed E-state index contributed by atoms with van der Waals surface area (Å²) in [7, 11) is 0. The van der Waals surface area contributed by atoms with Crippen LogP contribution in [-0.2, 0) is 11.4 Å². The third-order valence-corrected chi connectivity index (χ3v) is 2.67. The van der Waals surface area contributed by atoms with E-state index >= 15 is 0 Å². The van der Waals surface area contributed by atoms with Crippen LogP contribution < -0.4 is 5.48 Å². The fourth-order valence-corrected chi connectivity index (χ4v) is 1.71. The molecule has 0 unspecified atom stereocenters. The molecule has 1 atom stereocenters. The topological polar surface area (TPSA) is 21.3 Å². The van der Waals surface area contributed by atoms with E-state index in [0.717, 1.165) is 5.56 Å². The van der Waals surface area contributed by atoms with Crippen LogP contribution in [0.4, 0.5) is 0 Å². The summed E-state index contributed by atoms with van der Waals surface area (Å²) in [6.45, 7) is 4.48. The first-order valence-corrected chi connectivity index (χ1v) is 6.00. The van der Waals surface area contributed by atoms with Gasteiger partial charge >= 0.3 is 0 Å². The lowest BCUT2D eigenvalue weighted by atomic mass is 10.1. The fraction of sp³-hybridized carbons (Fsp3) is 0.125. The second kappa shape index (κ2) is 6.74. The van der Waals surface area contributed by atoms with Gasteiger partial charge < -0.3 is 0 Å². The van der Waals surface area contributed by atoms with Crippen molar-refractivity contribution in [3.05, 3.63) is 84.4 Å². The van der Waals surface area contributed by atoms with Crippen LogP contribution in [0.5, 0.6) is 0 Å². The van der Waals surface area contributed by atoms with Crippen LogP contribution in [0.2, 0.25) is 0 Å². The molecule has 0 fully saturated rings. The average Bonchev–Trinajstić information content (AvgIpc) is 2.46. The maximum Gasteiger partial charge on any atom is 0.122 e. The molecule has 0 amide bonds. The fourth-order valence-electron chi connectivity index (χ4n) is 1.71. The highest BCUT2D eigenvalue weighted by Crippen LogP contribution is 2.16. The van der Waals surface area contributed by atoms with Crippen molar-refractivity contribution in [1.29, 1.82) is 0 Å². The molecule has 2 nitrogen and oxygen atoms in total. The molecule has 1 N–H and O–H groups in total. The van der Waals surface area contributed by atoms with E-state index in [4.69, 9.17) is 4.84 Å². The largest absolute Gasteiger partial charge is 0.289 e. The predicted octanol–water partition coefficient (Wildman–Crippen LogP) is 3.64. The third kappa shape index (κ3) is 3.55. The Labute approximate surface area is 108 Å². The molecule has 0 aliphatic heterocycles. The first-order chi connectivity index (χ1) is 8.90. The van der Waals surface area contributed by atoms with Crippen molar-refractivity contribution in [1.82, 2.24) is 5.48 Å². The van der Waals surface area contributed by atoms with E-state index in [-0.39, 0.29) is 6.10 Å². The molecule has 2 aromatic rings. The Hall–Kier alpha value is -1.90. The second-order valence-corrected chi connectivity index (χ2v) is 3.99. The van der Waals surface area contributed by atoms with Crippen LogP contribution in [0, 0.1) is 0 Å². The average molecular weight is 239 g/mol. The Kier molecular flexibility index (Phi) is 4.70. The van der Waals surface area contributed by atoms with E-state index in [9.17, 15) is 0 Å². The molecule has 92 valence electrons. The molecule has 0 radical (unpaired) electrons. The summed E-state index contributed by atoms with van der Waals surface area (Å²) < 4.78 is 0. The van der Waals surface area contributed by atoms with Crippen molar-refractivity contribution in [3.63, 3.8) is 0 Å². The highest BCUT2D eigenvalue weighted by molar-refractivity contribution is 5.20. The molecule has 0 spiro atoms. The monoisotopic (exact) mass is 239 g/mol. The predicted molar refractivity (Wildman–Crippen MR) is 73.7 cm³/mol. The summed E-state index contributed by atoms with van der Waals surface area (Å²) in [5, 5.41) is 0. The van der Waals surface area contributed by atoms with Gasteiger partial charge in [-0.25, -0.2) is 0 Å². The molecule has 0 aromatic heterocycles. The van der Waals surface area contributed by atoms with Crippen LogP contribution in [0.15, 0.2) is 73.3 Å². The molecule has 0 bridgehead atoms. The minimum absolute atomic E-state index is 0.130. The second-order valence-electron chi connectivity index (χ2n) is 3.99. The molecule has 0 saturated heterocycles. The summed E-state index contributed by atoms with van der Waals surface area (Å²) in [6, 6.07) is 20.2. The maximum absolute atomic E-state index is 5.61. The normalized spacial score (nSPS) is 12.0. The first-order valence-electron chi connectivity index (χ1n) is 6.00. The highest BCUT2D eigenvalue weighted by atomic mass is 16.7. The van der Waals surface area contributed by atoms with Gasteiger partial charge in [0.15, 0.2) is 0 Å². The Bertz CT molecular complexity index is 467. The molecular weight excluding hydrogens is 222 g/mol. The van der Waals surface area contributed by atoms with Crippen LogP contribution in [0.3, 0.4) is 0 Å². The molecule has 0 saturated carbocycles. The molecule has 2 heteroatoms. The first kappa shape index (κ1) is 12.6. The molecule has 0 aliphatic rings. The van der Waals surface area contributed by atoms with Gasteiger partial charge in [0.25, 0.3) is 0 Å². The zero-order valence-corrected chi connectivity index (χ0v) is 10.3. The molecule has 2 aromatic carbocycles. The summed E-state index contributed by atoms with van der Waals surface area (Å²) in [6.07, 6.45) is 1.66. The zero-order chi connectivity index (χ0) is 12.6. The van der Waals surface area contributed by atoms with Gasteiger partial charge in [-0.2, -0.15) is 5.48 Å². The molecule has 2 rings (SSSR count). The summed E-state index contributed by atoms with van der Waals surface area (Å²) >= 11 is 0. The molecular formula is C16H17NO. The van der Waals surface area contributed by atoms with Crippen molar-refractivity contribution in [2.75, 3.05) is 0 Å². The maximum atomic E-state index is 5.61. The van der Waals surface area contributed by atoms with E-state index < -0.39 is 0 Å². The summed E-state index contributed by atoms with van der Waals surface area (Å²) in [5.41, 5.74) is 5.26. The summed E-state index contributed by atoms with van der Waals surface area (Å²) in [5.74, 6) is 0. The number of rotatable bonds is 6. The number of hydrogen-bond acceptors (Lipinski definition) is 2. The number of nitrogens with one attached hydrogen (secondary N) is 1. The van der Waals surface area contributed by atoms with Gasteiger partial charge in [0.2, 0.25) is 0 Å². The van der Waals surface area contributed by atoms with E-state index in [1.165, 1.54) is 5.56 Å². The van der Waals surface area contributed by atoms with Gasteiger partial charge in [-0.05, 0) is 11.1 Å². The number of hydrogen-bond donors (Lipinski definition) is 1. The van der Waals surface area contributed by atoms with Crippen molar-refractivity contribution in [2.24, 2.45) is 0 Å². The minimum Gasteiger partial charge on any atom is -0.289 e. The van der Waals surface area contributed by atoms with Crippen molar-refractivity contribution >= 4 is 0 Å². The van der Waals surface area contributed by atoms with Crippen LogP contribution in [0.25, 0.3) is 0 Å². The number of hydroxylamine groups is 1. The summed E-state index contributed by atoms with van der Waals surface area (Å²) in [4.78, 5) is 5.61. The molecule has 0 aliphatic carbocycles. The van der Waals surface area contributed by atoms with E-state index in [1.807, 2.05) is 48.5 Å². The van der Waals surface area contributed by atoms with E-state index in [1.54, 1.807) is 6.08 Å². The van der Waals surface area contributed by atoms with Crippen LogP contribution >= 0.6 is 0 Å². The van der Waals surface area contributed by atoms with Gasteiger partial charge in [0.05, 0.1) is 0 Å². The van der Waals surface area contributed by atoms with Gasteiger partial charge in [0.1, 0.15) is 6.10 Å². The highest BCUT2D eigenvalue weighted by Gasteiger charge is 2.06. The lowest BCUT2D eigenvalue weighted by Crippen LogP contribution is -2.17. The van der Waals surface area contributed by atoms with E-state index in [2.05, 4.69) is 24.2 Å². The molecule has 0 heterocycles.